The summed E-state index contributed by atoms with van der Waals surface area (Å²) in [4.78, 5) is 10.6. The normalized spacial score (nSPS) is 10.8. The maximum atomic E-state index is 12.9. The molecule has 0 aliphatic heterocycles. The van der Waals surface area contributed by atoms with Crippen molar-refractivity contribution in [3.8, 4) is 0 Å². The molecule has 2 rings (SSSR count). The molecule has 1 amide bonds. The van der Waals surface area contributed by atoms with Crippen LogP contribution in [0.2, 0.25) is 0 Å². The lowest BCUT2D eigenvalue weighted by molar-refractivity contribution is -0.118. The second-order valence-corrected chi connectivity index (χ2v) is 3.78. The molecule has 2 aromatic rings. The number of carbonyl (C=O) groups is 1. The summed E-state index contributed by atoms with van der Waals surface area (Å²) in [5, 5.41) is 0.874. The van der Waals surface area contributed by atoms with Crippen molar-refractivity contribution >= 4 is 16.8 Å². The highest BCUT2D eigenvalue weighted by atomic mass is 19.1. The molecule has 3 nitrogen and oxygen atoms in total. The summed E-state index contributed by atoms with van der Waals surface area (Å²) in [7, 11) is 0. The number of fused-ring (bicyclic) bond motifs is 1. The van der Waals surface area contributed by atoms with E-state index in [4.69, 9.17) is 5.73 Å². The molecule has 1 aromatic heterocycles. The van der Waals surface area contributed by atoms with Gasteiger partial charge in [0.05, 0.1) is 0 Å². The van der Waals surface area contributed by atoms with Crippen LogP contribution in [0.3, 0.4) is 0 Å². The monoisotopic (exact) mass is 220 g/mol. The topological polar surface area (TPSA) is 48.0 Å². The average Bonchev–Trinajstić information content (AvgIpc) is 2.60. The van der Waals surface area contributed by atoms with Crippen molar-refractivity contribution in [2.24, 2.45) is 5.73 Å². The van der Waals surface area contributed by atoms with E-state index in [-0.39, 0.29) is 11.7 Å². The van der Waals surface area contributed by atoms with Crippen molar-refractivity contribution in [2.45, 2.75) is 19.4 Å². The molecule has 84 valence electrons. The standard InChI is InChI=1S/C12H13FN2O/c13-10-3-4-11-9(8-10)5-7-15(11)6-1-2-12(14)16/h3-5,7-8H,1-2,6H2,(H2,14,16). The number of primary amides is 1. The van der Waals surface area contributed by atoms with Gasteiger partial charge in [0.25, 0.3) is 0 Å². The molecule has 0 saturated carbocycles. The first-order chi connectivity index (χ1) is 7.66. The summed E-state index contributed by atoms with van der Waals surface area (Å²) < 4.78 is 14.9. The van der Waals surface area contributed by atoms with Crippen molar-refractivity contribution < 1.29 is 9.18 Å². The van der Waals surface area contributed by atoms with Crippen molar-refractivity contribution in [3.63, 3.8) is 0 Å². The number of nitrogens with two attached hydrogens (primary N) is 1. The van der Waals surface area contributed by atoms with Gasteiger partial charge in [0.1, 0.15) is 5.82 Å². The molecule has 1 heterocycles. The average molecular weight is 220 g/mol. The number of benzene rings is 1. The minimum Gasteiger partial charge on any atom is -0.370 e. The van der Waals surface area contributed by atoms with E-state index >= 15 is 0 Å². The first-order valence-electron chi connectivity index (χ1n) is 5.19. The predicted octanol–water partition coefficient (Wildman–Crippen LogP) is 2.05. The summed E-state index contributed by atoms with van der Waals surface area (Å²) in [6.07, 6.45) is 2.97. The van der Waals surface area contributed by atoms with Gasteiger partial charge in [0.2, 0.25) is 5.91 Å². The molecule has 0 radical (unpaired) electrons. The van der Waals surface area contributed by atoms with E-state index in [1.165, 1.54) is 12.1 Å². The molecule has 1 aromatic carbocycles. The molecule has 0 aliphatic rings. The summed E-state index contributed by atoms with van der Waals surface area (Å²) in [5.74, 6) is -0.523. The fraction of sp³-hybridized carbons (Fsp3) is 0.250. The van der Waals surface area contributed by atoms with E-state index in [0.717, 1.165) is 17.4 Å². The molecule has 4 heteroatoms. The van der Waals surface area contributed by atoms with Crippen LogP contribution in [0.1, 0.15) is 12.8 Å². The number of nitrogens with zero attached hydrogens (tertiary/aromatic N) is 1. The van der Waals surface area contributed by atoms with Crippen LogP contribution in [0.15, 0.2) is 30.5 Å². The van der Waals surface area contributed by atoms with Gasteiger partial charge in [-0.3, -0.25) is 4.79 Å². The van der Waals surface area contributed by atoms with Crippen LogP contribution in [0.25, 0.3) is 10.9 Å². The Morgan fingerprint density at radius 1 is 1.38 bits per heavy atom. The lowest BCUT2D eigenvalue weighted by atomic mass is 10.2. The highest BCUT2D eigenvalue weighted by molar-refractivity contribution is 5.80. The molecule has 0 aliphatic carbocycles. The largest absolute Gasteiger partial charge is 0.370 e. The zero-order valence-electron chi connectivity index (χ0n) is 8.82. The van der Waals surface area contributed by atoms with Crippen LogP contribution in [-0.2, 0) is 11.3 Å². The van der Waals surface area contributed by atoms with E-state index in [1.54, 1.807) is 6.07 Å². The van der Waals surface area contributed by atoms with E-state index < -0.39 is 0 Å². The Kier molecular flexibility index (Phi) is 2.90. The first-order valence-corrected chi connectivity index (χ1v) is 5.19. The third kappa shape index (κ3) is 2.21. The number of aryl methyl sites for hydroxylation is 1. The lowest BCUT2D eigenvalue weighted by Gasteiger charge is -2.03. The quantitative estimate of drug-likeness (QED) is 0.842. The van der Waals surface area contributed by atoms with E-state index in [1.807, 2.05) is 16.8 Å². The Morgan fingerprint density at radius 2 is 2.19 bits per heavy atom. The first kappa shape index (κ1) is 10.7. The van der Waals surface area contributed by atoms with Gasteiger partial charge < -0.3 is 10.3 Å². The van der Waals surface area contributed by atoms with Gasteiger partial charge >= 0.3 is 0 Å². The summed E-state index contributed by atoms with van der Waals surface area (Å²) in [6, 6.07) is 6.55. The van der Waals surface area contributed by atoms with Crippen LogP contribution >= 0.6 is 0 Å². The summed E-state index contributed by atoms with van der Waals surface area (Å²) >= 11 is 0. The Balaban J connectivity index is 2.15. The molecular formula is C12H13FN2O. The molecule has 0 atom stereocenters. The third-order valence-corrected chi connectivity index (χ3v) is 2.56. The third-order valence-electron chi connectivity index (χ3n) is 2.56. The Bertz CT molecular complexity index is 519. The van der Waals surface area contributed by atoms with Crippen molar-refractivity contribution in [3.05, 3.63) is 36.3 Å². The molecule has 2 N–H and O–H groups in total. The van der Waals surface area contributed by atoms with Crippen LogP contribution in [0.4, 0.5) is 4.39 Å². The van der Waals surface area contributed by atoms with Crippen molar-refractivity contribution in [1.82, 2.24) is 4.57 Å². The van der Waals surface area contributed by atoms with Gasteiger partial charge in [-0.1, -0.05) is 0 Å². The number of rotatable bonds is 4. The Labute approximate surface area is 92.7 Å². The number of hydrogen-bond acceptors (Lipinski definition) is 1. The van der Waals surface area contributed by atoms with Gasteiger partial charge in [-0.25, -0.2) is 4.39 Å². The molecule has 16 heavy (non-hydrogen) atoms. The second-order valence-electron chi connectivity index (χ2n) is 3.78. The molecule has 0 unspecified atom stereocenters. The maximum Gasteiger partial charge on any atom is 0.217 e. The van der Waals surface area contributed by atoms with Gasteiger partial charge in [-0.15, -0.1) is 0 Å². The minimum atomic E-state index is -0.289. The number of halogens is 1. The highest BCUT2D eigenvalue weighted by Gasteiger charge is 2.02. The van der Waals surface area contributed by atoms with Crippen LogP contribution in [0, 0.1) is 5.82 Å². The van der Waals surface area contributed by atoms with Gasteiger partial charge in [0, 0.05) is 30.1 Å². The number of hydrogen-bond donors (Lipinski definition) is 1. The number of aromatic nitrogens is 1. The predicted molar refractivity (Wildman–Crippen MR) is 60.3 cm³/mol. The van der Waals surface area contributed by atoms with Gasteiger partial charge in [-0.2, -0.15) is 0 Å². The Hall–Kier alpha value is -1.84. The van der Waals surface area contributed by atoms with E-state index in [9.17, 15) is 9.18 Å². The number of carbonyl (C=O) groups excluding carboxylic acids is 1. The van der Waals surface area contributed by atoms with Crippen LogP contribution in [0.5, 0.6) is 0 Å². The van der Waals surface area contributed by atoms with Crippen molar-refractivity contribution in [1.29, 1.82) is 0 Å². The second kappa shape index (κ2) is 4.35. The van der Waals surface area contributed by atoms with Crippen LogP contribution < -0.4 is 5.73 Å². The summed E-state index contributed by atoms with van der Waals surface area (Å²) in [5.41, 5.74) is 6.04. The zero-order chi connectivity index (χ0) is 11.5. The van der Waals surface area contributed by atoms with Crippen molar-refractivity contribution in [2.75, 3.05) is 0 Å². The molecule has 0 spiro atoms. The highest BCUT2D eigenvalue weighted by Crippen LogP contribution is 2.17. The smallest absolute Gasteiger partial charge is 0.217 e. The molecular weight excluding hydrogens is 207 g/mol. The number of amides is 1. The van der Waals surface area contributed by atoms with Gasteiger partial charge in [0.15, 0.2) is 0 Å². The zero-order valence-corrected chi connectivity index (χ0v) is 8.82. The minimum absolute atomic E-state index is 0.234. The maximum absolute atomic E-state index is 12.9. The fourth-order valence-electron chi connectivity index (χ4n) is 1.79. The van der Waals surface area contributed by atoms with E-state index in [0.29, 0.717) is 12.8 Å². The van der Waals surface area contributed by atoms with E-state index in [2.05, 4.69) is 0 Å². The van der Waals surface area contributed by atoms with Gasteiger partial charge in [-0.05, 0) is 30.7 Å². The fourth-order valence-corrected chi connectivity index (χ4v) is 1.79. The molecule has 0 saturated heterocycles. The summed E-state index contributed by atoms with van der Waals surface area (Å²) in [6.45, 7) is 0.720. The lowest BCUT2D eigenvalue weighted by Crippen LogP contribution is -2.11. The van der Waals surface area contributed by atoms with Crippen LogP contribution in [-0.4, -0.2) is 10.5 Å². The molecule has 0 bridgehead atoms. The molecule has 0 fully saturated rings. The SMILES string of the molecule is NC(=O)CCCn1ccc2cc(F)ccc21. The Morgan fingerprint density at radius 3 is 2.94 bits per heavy atom.